The molecule has 0 saturated heterocycles. The lowest BCUT2D eigenvalue weighted by Gasteiger charge is -2.13. The van der Waals surface area contributed by atoms with Gasteiger partial charge in [0.15, 0.2) is 0 Å². The molecule has 39 heavy (non-hydrogen) atoms. The number of carbonyl (C=O) groups is 1. The number of aromatic amines is 1. The topological polar surface area (TPSA) is 99.3 Å². The van der Waals surface area contributed by atoms with Gasteiger partial charge in [0, 0.05) is 33.8 Å². The maximum absolute atomic E-state index is 11.7. The highest BCUT2D eigenvalue weighted by Gasteiger charge is 2.10. The number of benzene rings is 4. The molecule has 7 nitrogen and oxygen atoms in total. The third-order valence-corrected chi connectivity index (χ3v) is 6.67. The molecule has 2 aromatic heterocycles. The van der Waals surface area contributed by atoms with E-state index in [0.717, 1.165) is 55.3 Å². The number of nitrogens with zero attached hydrogens (tertiary/aromatic N) is 1. The van der Waals surface area contributed by atoms with E-state index in [0.29, 0.717) is 18.7 Å². The number of nitrogens with one attached hydrogen (secondary N) is 3. The van der Waals surface area contributed by atoms with Gasteiger partial charge < -0.3 is 15.0 Å². The number of rotatable bonds is 8. The van der Waals surface area contributed by atoms with Crippen LogP contribution in [0, 0.1) is 0 Å². The molecule has 7 heteroatoms. The maximum atomic E-state index is 11.7. The van der Waals surface area contributed by atoms with Gasteiger partial charge in [0.25, 0.3) is 5.91 Å². The molecule has 6 aromatic rings. The van der Waals surface area contributed by atoms with Gasteiger partial charge in [-0.15, -0.1) is 0 Å². The lowest BCUT2D eigenvalue weighted by Crippen LogP contribution is -2.18. The van der Waals surface area contributed by atoms with Gasteiger partial charge in [-0.2, -0.15) is 0 Å². The number of H-pyrrole nitrogens is 1. The number of hydrogen-bond acceptors (Lipinski definition) is 5. The fraction of sp³-hybridized carbons (Fsp3) is 0.0625. The zero-order valence-electron chi connectivity index (χ0n) is 21.0. The van der Waals surface area contributed by atoms with Crippen molar-refractivity contribution in [1.82, 2.24) is 15.4 Å². The van der Waals surface area contributed by atoms with Crippen molar-refractivity contribution in [1.29, 1.82) is 0 Å². The van der Waals surface area contributed by atoms with E-state index in [1.165, 1.54) is 0 Å². The van der Waals surface area contributed by atoms with E-state index in [1.54, 1.807) is 17.6 Å². The summed E-state index contributed by atoms with van der Waals surface area (Å²) >= 11 is 0. The number of hydrogen-bond donors (Lipinski definition) is 4. The highest BCUT2D eigenvalue weighted by molar-refractivity contribution is 6.09. The zero-order valence-corrected chi connectivity index (χ0v) is 21.0. The molecule has 0 fully saturated rings. The van der Waals surface area contributed by atoms with Gasteiger partial charge in [-0.05, 0) is 47.5 Å². The number of pyridine rings is 1. The number of carbonyl (C=O) groups excluding carboxylic acids is 1. The van der Waals surface area contributed by atoms with Crippen LogP contribution in [0.5, 0.6) is 5.75 Å². The summed E-state index contributed by atoms with van der Waals surface area (Å²) in [6, 6.07) is 31.4. The predicted octanol–water partition coefficient (Wildman–Crippen LogP) is 6.56. The molecule has 6 rings (SSSR count). The number of hydroxylamine groups is 1. The Morgan fingerprint density at radius 1 is 0.923 bits per heavy atom. The molecule has 4 aromatic carbocycles. The lowest BCUT2D eigenvalue weighted by atomic mass is 10.1. The molecule has 0 bridgehead atoms. The Morgan fingerprint density at radius 3 is 2.59 bits per heavy atom. The van der Waals surface area contributed by atoms with Crippen molar-refractivity contribution in [2.24, 2.45) is 0 Å². The Kier molecular flexibility index (Phi) is 6.64. The second kappa shape index (κ2) is 10.7. The minimum Gasteiger partial charge on any atom is -0.487 e. The van der Waals surface area contributed by atoms with Crippen molar-refractivity contribution in [3.05, 3.63) is 120 Å². The minimum absolute atomic E-state index is 0.349. The first-order chi connectivity index (χ1) is 19.2. The summed E-state index contributed by atoms with van der Waals surface area (Å²) in [6.45, 7) is 0.878. The van der Waals surface area contributed by atoms with Crippen molar-refractivity contribution >= 4 is 50.4 Å². The van der Waals surface area contributed by atoms with Gasteiger partial charge in [-0.1, -0.05) is 66.7 Å². The smallest absolute Gasteiger partial charge is 0.274 e. The van der Waals surface area contributed by atoms with E-state index in [9.17, 15) is 4.79 Å². The Balaban J connectivity index is 1.27. The van der Waals surface area contributed by atoms with Crippen LogP contribution in [-0.4, -0.2) is 34.2 Å². The number of para-hydroxylation sites is 3. The average Bonchev–Trinajstić information content (AvgIpc) is 3.38. The van der Waals surface area contributed by atoms with Crippen LogP contribution in [-0.2, 0) is 0 Å². The second-order valence-electron chi connectivity index (χ2n) is 9.27. The maximum Gasteiger partial charge on any atom is 0.274 e. The first-order valence-corrected chi connectivity index (χ1v) is 12.6. The van der Waals surface area contributed by atoms with Crippen LogP contribution in [0.25, 0.3) is 38.8 Å². The van der Waals surface area contributed by atoms with Crippen molar-refractivity contribution in [3.63, 3.8) is 0 Å². The summed E-state index contributed by atoms with van der Waals surface area (Å²) in [6.07, 6.45) is 3.86. The minimum atomic E-state index is -0.550. The van der Waals surface area contributed by atoms with Crippen LogP contribution in [0.15, 0.2) is 109 Å². The SMILES string of the molecule is O=C(NO)c1ccc(/C=C(\CNc2cnc3ccccc3c2)COc2cccc3c2[nH]c2ccccc23)cc1. The van der Waals surface area contributed by atoms with E-state index in [2.05, 4.69) is 39.6 Å². The van der Waals surface area contributed by atoms with Crippen LogP contribution < -0.4 is 15.5 Å². The van der Waals surface area contributed by atoms with E-state index >= 15 is 0 Å². The standard InChI is InChI=1S/C32H26N4O3/c37-32(36-38)23-14-12-21(13-15-23)16-22(18-33-25-17-24-6-1-3-9-28(24)34-19-25)20-39-30-11-5-8-27-26-7-2-4-10-29(26)35-31(27)30/h1-17,19,33,35,38H,18,20H2,(H,36,37)/b22-16+. The molecule has 1 amide bonds. The second-order valence-corrected chi connectivity index (χ2v) is 9.27. The highest BCUT2D eigenvalue weighted by Crippen LogP contribution is 2.31. The van der Waals surface area contributed by atoms with Gasteiger partial charge in [-0.3, -0.25) is 15.0 Å². The fourth-order valence-corrected chi connectivity index (χ4v) is 4.69. The number of anilines is 1. The van der Waals surface area contributed by atoms with Gasteiger partial charge in [0.2, 0.25) is 0 Å². The van der Waals surface area contributed by atoms with Crippen LogP contribution in [0.1, 0.15) is 15.9 Å². The third-order valence-electron chi connectivity index (χ3n) is 6.67. The molecule has 0 spiro atoms. The summed E-state index contributed by atoms with van der Waals surface area (Å²) in [5, 5.41) is 15.7. The lowest BCUT2D eigenvalue weighted by molar-refractivity contribution is 0.0706. The van der Waals surface area contributed by atoms with Crippen LogP contribution in [0.2, 0.25) is 0 Å². The summed E-state index contributed by atoms with van der Waals surface area (Å²) in [7, 11) is 0. The van der Waals surface area contributed by atoms with Crippen molar-refractivity contribution in [2.45, 2.75) is 0 Å². The van der Waals surface area contributed by atoms with Crippen molar-refractivity contribution in [3.8, 4) is 5.75 Å². The zero-order chi connectivity index (χ0) is 26.6. The molecular formula is C32H26N4O3. The van der Waals surface area contributed by atoms with Gasteiger partial charge in [0.1, 0.15) is 12.4 Å². The quantitative estimate of drug-likeness (QED) is 0.136. The van der Waals surface area contributed by atoms with E-state index in [4.69, 9.17) is 9.94 Å². The van der Waals surface area contributed by atoms with E-state index in [-0.39, 0.29) is 0 Å². The summed E-state index contributed by atoms with van der Waals surface area (Å²) in [5.41, 5.74) is 7.82. The van der Waals surface area contributed by atoms with Crippen molar-refractivity contribution in [2.75, 3.05) is 18.5 Å². The molecular weight excluding hydrogens is 488 g/mol. The Labute approximate surface area is 224 Å². The Bertz CT molecular complexity index is 1820. The summed E-state index contributed by atoms with van der Waals surface area (Å²) in [5.74, 6) is 0.225. The van der Waals surface area contributed by atoms with Crippen LogP contribution >= 0.6 is 0 Å². The van der Waals surface area contributed by atoms with Crippen LogP contribution in [0.4, 0.5) is 5.69 Å². The molecule has 4 N–H and O–H groups in total. The van der Waals surface area contributed by atoms with Gasteiger partial charge in [-0.25, -0.2) is 5.48 Å². The molecule has 2 heterocycles. The normalized spacial score (nSPS) is 11.7. The molecule has 0 atom stereocenters. The fourth-order valence-electron chi connectivity index (χ4n) is 4.69. The summed E-state index contributed by atoms with van der Waals surface area (Å²) in [4.78, 5) is 19.8. The molecule has 0 radical (unpaired) electrons. The van der Waals surface area contributed by atoms with Crippen molar-refractivity contribution < 1.29 is 14.7 Å². The Morgan fingerprint density at radius 2 is 1.72 bits per heavy atom. The predicted molar refractivity (Wildman–Crippen MR) is 155 cm³/mol. The van der Waals surface area contributed by atoms with E-state index < -0.39 is 5.91 Å². The van der Waals surface area contributed by atoms with E-state index in [1.807, 2.05) is 72.9 Å². The Hall–Kier alpha value is -5.14. The molecule has 0 aliphatic rings. The largest absolute Gasteiger partial charge is 0.487 e. The number of aromatic nitrogens is 2. The molecule has 0 saturated carbocycles. The monoisotopic (exact) mass is 514 g/mol. The first kappa shape index (κ1) is 24.2. The first-order valence-electron chi connectivity index (χ1n) is 12.6. The van der Waals surface area contributed by atoms with Crippen LogP contribution in [0.3, 0.4) is 0 Å². The molecule has 0 aliphatic carbocycles. The highest BCUT2D eigenvalue weighted by atomic mass is 16.5. The summed E-state index contributed by atoms with van der Waals surface area (Å²) < 4.78 is 6.37. The average molecular weight is 515 g/mol. The third kappa shape index (κ3) is 5.16. The number of fused-ring (bicyclic) bond motifs is 4. The molecule has 0 aliphatic heterocycles. The molecule has 192 valence electrons. The molecule has 0 unspecified atom stereocenters. The van der Waals surface area contributed by atoms with Gasteiger partial charge in [0.05, 0.1) is 22.9 Å². The number of amides is 1. The van der Waals surface area contributed by atoms with Gasteiger partial charge >= 0.3 is 0 Å². The number of ether oxygens (including phenoxy) is 1.